The van der Waals surface area contributed by atoms with E-state index in [0.29, 0.717) is 33.5 Å². The second-order valence-corrected chi connectivity index (χ2v) is 5.65. The lowest BCUT2D eigenvalue weighted by molar-refractivity contribution is 0.619. The van der Waals surface area contributed by atoms with Crippen molar-refractivity contribution in [3.05, 3.63) is 33.7 Å². The quantitative estimate of drug-likeness (QED) is 0.696. The van der Waals surface area contributed by atoms with Crippen molar-refractivity contribution in [3.63, 3.8) is 0 Å². The predicted molar refractivity (Wildman–Crippen MR) is 81.5 cm³/mol. The number of imidazole rings is 1. The Labute approximate surface area is 127 Å². The minimum absolute atomic E-state index is 0.266. The van der Waals surface area contributed by atoms with Crippen LogP contribution in [0.25, 0.3) is 11.0 Å². The van der Waals surface area contributed by atoms with Crippen LogP contribution in [0.5, 0.6) is 0 Å². The van der Waals surface area contributed by atoms with E-state index < -0.39 is 0 Å². The maximum absolute atomic E-state index is 13.7. The molecule has 3 rings (SSSR count). The number of rotatable bonds is 3. The van der Waals surface area contributed by atoms with Crippen LogP contribution in [-0.2, 0) is 20.0 Å². The summed E-state index contributed by atoms with van der Waals surface area (Å²) in [5.41, 5.74) is 7.31. The molecule has 6 nitrogen and oxygen atoms in total. The molecule has 2 aromatic heterocycles. The monoisotopic (exact) mass is 386 g/mol. The van der Waals surface area contributed by atoms with E-state index >= 15 is 0 Å². The van der Waals surface area contributed by atoms with Crippen molar-refractivity contribution in [3.8, 4) is 0 Å². The van der Waals surface area contributed by atoms with Crippen molar-refractivity contribution >= 4 is 39.6 Å². The Bertz CT molecular complexity index is 778. The van der Waals surface area contributed by atoms with E-state index in [0.717, 1.165) is 5.82 Å². The number of anilines is 1. The maximum atomic E-state index is 13.7. The summed E-state index contributed by atoms with van der Waals surface area (Å²) in [6.07, 6.45) is 2.30. The molecule has 104 valence electrons. The van der Waals surface area contributed by atoms with Gasteiger partial charge >= 0.3 is 0 Å². The first-order valence-corrected chi connectivity index (χ1v) is 7.08. The highest BCUT2D eigenvalue weighted by Crippen LogP contribution is 2.23. The zero-order valence-corrected chi connectivity index (χ0v) is 12.9. The molecule has 0 spiro atoms. The van der Waals surface area contributed by atoms with Crippen LogP contribution in [0.15, 0.2) is 18.5 Å². The number of nitrogens with two attached hydrogens (primary N) is 1. The molecule has 0 aliphatic heterocycles. The Balaban J connectivity index is 1.97. The Kier molecular flexibility index (Phi) is 3.32. The number of hydrogen-bond donors (Lipinski definition) is 1. The summed E-state index contributed by atoms with van der Waals surface area (Å²) >= 11 is 1.94. The van der Waals surface area contributed by atoms with Gasteiger partial charge in [0.1, 0.15) is 18.0 Å². The number of nitrogen functional groups attached to an aromatic ring is 1. The van der Waals surface area contributed by atoms with Gasteiger partial charge in [0.05, 0.1) is 14.6 Å². The van der Waals surface area contributed by atoms with Gasteiger partial charge in [-0.3, -0.25) is 0 Å². The van der Waals surface area contributed by atoms with Crippen LogP contribution in [0.1, 0.15) is 5.82 Å². The molecule has 1 aromatic carbocycles. The van der Waals surface area contributed by atoms with Crippen LogP contribution >= 0.6 is 22.6 Å². The molecule has 2 N–H and O–H groups in total. The molecule has 0 bridgehead atoms. The third-order valence-electron chi connectivity index (χ3n) is 3.18. The SMILES string of the molecule is Cn1cnnc1CCn1c(N)nc2cc(I)c(F)cc21. The first kappa shape index (κ1) is 13.3. The first-order valence-electron chi connectivity index (χ1n) is 6.00. The average molecular weight is 386 g/mol. The molecule has 20 heavy (non-hydrogen) atoms. The highest BCUT2D eigenvalue weighted by molar-refractivity contribution is 14.1. The van der Waals surface area contributed by atoms with Crippen molar-refractivity contribution in [2.75, 3.05) is 5.73 Å². The Morgan fingerprint density at radius 2 is 2.20 bits per heavy atom. The zero-order chi connectivity index (χ0) is 14.3. The van der Waals surface area contributed by atoms with E-state index in [-0.39, 0.29) is 5.82 Å². The van der Waals surface area contributed by atoms with Crippen molar-refractivity contribution in [2.45, 2.75) is 13.0 Å². The van der Waals surface area contributed by atoms with Gasteiger partial charge in [-0.05, 0) is 28.7 Å². The minimum atomic E-state index is -0.266. The first-order chi connectivity index (χ1) is 9.56. The molecule has 0 saturated heterocycles. The highest BCUT2D eigenvalue weighted by atomic mass is 127. The third-order valence-corrected chi connectivity index (χ3v) is 4.01. The molecule has 0 fully saturated rings. The van der Waals surface area contributed by atoms with Gasteiger partial charge in [0.25, 0.3) is 0 Å². The summed E-state index contributed by atoms with van der Waals surface area (Å²) in [6.45, 7) is 0.578. The molecule has 3 aromatic rings. The zero-order valence-electron chi connectivity index (χ0n) is 10.7. The Morgan fingerprint density at radius 1 is 1.40 bits per heavy atom. The molecule has 0 amide bonds. The second kappa shape index (κ2) is 5.00. The molecule has 0 radical (unpaired) electrons. The molecule has 0 unspecified atom stereocenters. The molecular weight excluding hydrogens is 374 g/mol. The molecule has 2 heterocycles. The van der Waals surface area contributed by atoms with E-state index in [1.54, 1.807) is 17.0 Å². The molecule has 0 saturated carbocycles. The van der Waals surface area contributed by atoms with Gasteiger partial charge in [0.15, 0.2) is 0 Å². The number of halogens is 2. The van der Waals surface area contributed by atoms with Gasteiger partial charge in [0.2, 0.25) is 5.95 Å². The standard InChI is InChI=1S/C12H12FIN6/c1-19-6-16-18-11(19)2-3-20-10-4-7(13)8(14)5-9(10)17-12(20)15/h4-6H,2-3H2,1H3,(H2,15,17). The van der Waals surface area contributed by atoms with Crippen LogP contribution in [0.2, 0.25) is 0 Å². The lowest BCUT2D eigenvalue weighted by Gasteiger charge is -2.06. The number of aryl methyl sites for hydroxylation is 3. The second-order valence-electron chi connectivity index (χ2n) is 4.48. The topological polar surface area (TPSA) is 74.5 Å². The van der Waals surface area contributed by atoms with Crippen LogP contribution in [-0.4, -0.2) is 24.3 Å². The van der Waals surface area contributed by atoms with E-state index in [2.05, 4.69) is 15.2 Å². The fourth-order valence-corrected chi connectivity index (χ4v) is 2.57. The minimum Gasteiger partial charge on any atom is -0.369 e. The van der Waals surface area contributed by atoms with Gasteiger partial charge in [-0.1, -0.05) is 0 Å². The number of fused-ring (bicyclic) bond motifs is 1. The third kappa shape index (κ3) is 2.23. The van der Waals surface area contributed by atoms with Crippen molar-refractivity contribution in [1.82, 2.24) is 24.3 Å². The van der Waals surface area contributed by atoms with Crippen LogP contribution < -0.4 is 5.73 Å². The number of benzene rings is 1. The van der Waals surface area contributed by atoms with Crippen molar-refractivity contribution in [2.24, 2.45) is 7.05 Å². The van der Waals surface area contributed by atoms with Gasteiger partial charge in [-0.2, -0.15) is 0 Å². The average Bonchev–Trinajstić information content (AvgIpc) is 2.92. The van der Waals surface area contributed by atoms with Gasteiger partial charge in [0, 0.05) is 26.1 Å². The molecular formula is C12H12FIN6. The van der Waals surface area contributed by atoms with Crippen LogP contribution in [0, 0.1) is 9.39 Å². The molecule has 8 heteroatoms. The summed E-state index contributed by atoms with van der Waals surface area (Å²) in [4.78, 5) is 4.26. The van der Waals surface area contributed by atoms with Crippen molar-refractivity contribution < 1.29 is 4.39 Å². The van der Waals surface area contributed by atoms with E-state index in [4.69, 9.17) is 5.73 Å². The highest BCUT2D eigenvalue weighted by Gasteiger charge is 2.12. The number of aromatic nitrogens is 5. The van der Waals surface area contributed by atoms with Crippen LogP contribution in [0.3, 0.4) is 0 Å². The summed E-state index contributed by atoms with van der Waals surface area (Å²) in [5, 5.41) is 7.85. The smallest absolute Gasteiger partial charge is 0.201 e. The number of nitrogens with zero attached hydrogens (tertiary/aromatic N) is 5. The summed E-state index contributed by atoms with van der Waals surface area (Å²) in [7, 11) is 1.88. The fourth-order valence-electron chi connectivity index (χ4n) is 2.12. The van der Waals surface area contributed by atoms with E-state index in [1.165, 1.54) is 6.07 Å². The normalized spacial score (nSPS) is 11.3. The van der Waals surface area contributed by atoms with E-state index in [9.17, 15) is 4.39 Å². The molecule has 0 aliphatic carbocycles. The predicted octanol–water partition coefficient (Wildman–Crippen LogP) is 1.73. The van der Waals surface area contributed by atoms with Gasteiger partial charge < -0.3 is 14.9 Å². The summed E-state index contributed by atoms with van der Waals surface area (Å²) in [6, 6.07) is 3.16. The lowest BCUT2D eigenvalue weighted by Crippen LogP contribution is -2.08. The van der Waals surface area contributed by atoms with Gasteiger partial charge in [-0.25, -0.2) is 9.37 Å². The Morgan fingerprint density at radius 3 is 2.90 bits per heavy atom. The van der Waals surface area contributed by atoms with Crippen LogP contribution in [0.4, 0.5) is 10.3 Å². The largest absolute Gasteiger partial charge is 0.369 e. The number of hydrogen-bond acceptors (Lipinski definition) is 4. The summed E-state index contributed by atoms with van der Waals surface area (Å²) in [5.74, 6) is 0.957. The molecule has 0 aliphatic rings. The molecule has 0 atom stereocenters. The van der Waals surface area contributed by atoms with Crippen molar-refractivity contribution in [1.29, 1.82) is 0 Å². The lowest BCUT2D eigenvalue weighted by atomic mass is 10.3. The maximum Gasteiger partial charge on any atom is 0.201 e. The summed E-state index contributed by atoms with van der Waals surface area (Å²) < 4.78 is 17.9. The van der Waals surface area contributed by atoms with E-state index in [1.807, 2.05) is 34.2 Å². The Hall–Kier alpha value is -1.71. The fraction of sp³-hybridized carbons (Fsp3) is 0.250. The van der Waals surface area contributed by atoms with Gasteiger partial charge in [-0.15, -0.1) is 10.2 Å².